The Hall–Kier alpha value is -4.63. The van der Waals surface area contributed by atoms with E-state index in [0.29, 0.717) is 30.2 Å². The van der Waals surface area contributed by atoms with Crippen LogP contribution >= 0.6 is 15.9 Å². The fourth-order valence-corrected chi connectivity index (χ4v) is 4.96. The van der Waals surface area contributed by atoms with Gasteiger partial charge in [-0.2, -0.15) is 0 Å². The molecule has 4 aromatic rings. The maximum atomic E-state index is 13.4. The number of aromatic nitrogens is 1. The van der Waals surface area contributed by atoms with E-state index in [1.54, 1.807) is 24.3 Å². The fourth-order valence-electron chi connectivity index (χ4n) is 4.70. The predicted molar refractivity (Wildman–Crippen MR) is 160 cm³/mol. The van der Waals surface area contributed by atoms with E-state index in [4.69, 9.17) is 9.47 Å². The summed E-state index contributed by atoms with van der Waals surface area (Å²) in [7, 11) is 0. The van der Waals surface area contributed by atoms with Gasteiger partial charge < -0.3 is 14.0 Å². The first-order valence-corrected chi connectivity index (χ1v) is 13.9. The van der Waals surface area contributed by atoms with Crippen LogP contribution in [0.15, 0.2) is 88.9 Å². The first-order valence-electron chi connectivity index (χ1n) is 13.1. The molecule has 9 heteroatoms. The van der Waals surface area contributed by atoms with Crippen molar-refractivity contribution in [1.82, 2.24) is 9.88 Å². The molecule has 3 aromatic carbocycles. The van der Waals surface area contributed by atoms with Crippen molar-refractivity contribution in [1.29, 1.82) is 0 Å². The van der Waals surface area contributed by atoms with Gasteiger partial charge in [-0.15, -0.1) is 0 Å². The number of anilines is 1. The SMILES string of the molecule is CCOc1cccc(N2C(=O)NC(=O)/C(=C\c3cc(C)n(-c4ccc(OCc5ccc(Br)cc5)cc4)c3C)C2=O)c1. The number of rotatable bonds is 8. The molecule has 0 saturated carbocycles. The normalized spacial score (nSPS) is 14.4. The van der Waals surface area contributed by atoms with E-state index < -0.39 is 17.8 Å². The van der Waals surface area contributed by atoms with Gasteiger partial charge in [0.05, 0.1) is 12.3 Å². The van der Waals surface area contributed by atoms with Gasteiger partial charge in [0.15, 0.2) is 0 Å². The number of ether oxygens (including phenoxy) is 2. The van der Waals surface area contributed by atoms with Crippen molar-refractivity contribution in [3.05, 3.63) is 111 Å². The van der Waals surface area contributed by atoms with Crippen LogP contribution in [0.1, 0.15) is 29.4 Å². The number of carbonyl (C=O) groups is 3. The summed E-state index contributed by atoms with van der Waals surface area (Å²) in [6.07, 6.45) is 1.53. The van der Waals surface area contributed by atoms with Crippen LogP contribution in [-0.2, 0) is 16.2 Å². The van der Waals surface area contributed by atoms with Crippen molar-refractivity contribution in [3.8, 4) is 17.2 Å². The van der Waals surface area contributed by atoms with Crippen LogP contribution in [0.2, 0.25) is 0 Å². The third-order valence-corrected chi connectivity index (χ3v) is 7.20. The van der Waals surface area contributed by atoms with E-state index >= 15 is 0 Å². The number of amides is 4. The number of imide groups is 2. The molecule has 1 aliphatic heterocycles. The van der Waals surface area contributed by atoms with Crippen LogP contribution in [0.4, 0.5) is 10.5 Å². The zero-order valence-electron chi connectivity index (χ0n) is 22.8. The molecule has 1 saturated heterocycles. The monoisotopic (exact) mass is 613 g/mol. The first kappa shape index (κ1) is 27.9. The second-order valence-corrected chi connectivity index (χ2v) is 10.4. The van der Waals surface area contributed by atoms with Crippen LogP contribution in [0.5, 0.6) is 11.5 Å². The number of carbonyl (C=O) groups excluding carboxylic acids is 3. The summed E-state index contributed by atoms with van der Waals surface area (Å²) in [4.78, 5) is 39.8. The smallest absolute Gasteiger partial charge is 0.335 e. The molecule has 1 N–H and O–H groups in total. The van der Waals surface area contributed by atoms with Crippen molar-refractivity contribution in [2.45, 2.75) is 27.4 Å². The molecule has 0 atom stereocenters. The highest BCUT2D eigenvalue weighted by Gasteiger charge is 2.37. The van der Waals surface area contributed by atoms with Gasteiger partial charge in [-0.3, -0.25) is 14.9 Å². The maximum Gasteiger partial charge on any atom is 0.335 e. The minimum atomic E-state index is -0.807. The number of hydrogen-bond acceptors (Lipinski definition) is 5. The van der Waals surface area contributed by atoms with E-state index in [2.05, 4.69) is 21.2 Å². The number of barbiturate groups is 1. The Morgan fingerprint density at radius 1 is 0.854 bits per heavy atom. The van der Waals surface area contributed by atoms with Gasteiger partial charge in [0.25, 0.3) is 11.8 Å². The van der Waals surface area contributed by atoms with Gasteiger partial charge in [0.1, 0.15) is 23.7 Å². The average Bonchev–Trinajstić information content (AvgIpc) is 3.23. The lowest BCUT2D eigenvalue weighted by Crippen LogP contribution is -2.54. The third-order valence-electron chi connectivity index (χ3n) is 6.67. The molecule has 1 aromatic heterocycles. The van der Waals surface area contributed by atoms with Crippen LogP contribution in [0.3, 0.4) is 0 Å². The molecule has 0 spiro atoms. The number of urea groups is 1. The molecular formula is C32H28BrN3O5. The topological polar surface area (TPSA) is 89.9 Å². The molecule has 1 aliphatic rings. The predicted octanol–water partition coefficient (Wildman–Crippen LogP) is 6.50. The van der Waals surface area contributed by atoms with Gasteiger partial charge in [-0.05, 0) is 92.6 Å². The zero-order valence-corrected chi connectivity index (χ0v) is 24.4. The second kappa shape index (κ2) is 11.9. The van der Waals surface area contributed by atoms with E-state index in [0.717, 1.165) is 37.8 Å². The summed E-state index contributed by atoms with van der Waals surface area (Å²) >= 11 is 3.44. The van der Waals surface area contributed by atoms with Crippen LogP contribution < -0.4 is 19.7 Å². The van der Waals surface area contributed by atoms with E-state index in [1.165, 1.54) is 6.08 Å². The summed E-state index contributed by atoms with van der Waals surface area (Å²) < 4.78 is 14.5. The van der Waals surface area contributed by atoms with E-state index in [9.17, 15) is 14.4 Å². The lowest BCUT2D eigenvalue weighted by molar-refractivity contribution is -0.122. The minimum Gasteiger partial charge on any atom is -0.494 e. The van der Waals surface area contributed by atoms with Gasteiger partial charge >= 0.3 is 6.03 Å². The number of halogens is 1. The number of nitrogens with one attached hydrogen (secondary N) is 1. The molecule has 8 nitrogen and oxygen atoms in total. The van der Waals surface area contributed by atoms with Crippen LogP contribution in [0, 0.1) is 13.8 Å². The fraction of sp³-hybridized carbons (Fsp3) is 0.156. The summed E-state index contributed by atoms with van der Waals surface area (Å²) in [5, 5.41) is 2.28. The van der Waals surface area contributed by atoms with Crippen molar-refractivity contribution in [2.75, 3.05) is 11.5 Å². The van der Waals surface area contributed by atoms with E-state index in [1.807, 2.05) is 79.9 Å². The Balaban J connectivity index is 1.39. The van der Waals surface area contributed by atoms with Gasteiger partial charge in [0.2, 0.25) is 0 Å². The molecule has 0 aliphatic carbocycles. The lowest BCUT2D eigenvalue weighted by atomic mass is 10.1. The minimum absolute atomic E-state index is 0.136. The van der Waals surface area contributed by atoms with Crippen molar-refractivity contribution in [2.24, 2.45) is 0 Å². The average molecular weight is 614 g/mol. The molecule has 41 heavy (non-hydrogen) atoms. The second-order valence-electron chi connectivity index (χ2n) is 9.46. The standard InChI is InChI=1S/C32H28BrN3O5/c1-4-40-28-7-5-6-26(18-28)36-31(38)29(30(37)34-32(36)39)17-23-16-20(2)35(21(23)3)25-12-14-27(15-13-25)41-19-22-8-10-24(33)11-9-22/h5-18H,4,19H2,1-3H3,(H,34,37,39)/b29-17+. The van der Waals surface area contributed by atoms with Gasteiger partial charge in [-0.25, -0.2) is 9.69 Å². The van der Waals surface area contributed by atoms with E-state index in [-0.39, 0.29) is 5.57 Å². The summed E-state index contributed by atoms with van der Waals surface area (Å²) in [6.45, 7) is 6.60. The Bertz CT molecular complexity index is 1660. The van der Waals surface area contributed by atoms with Crippen molar-refractivity contribution < 1.29 is 23.9 Å². The molecule has 5 rings (SSSR count). The number of benzene rings is 3. The Labute approximate surface area is 246 Å². The van der Waals surface area contributed by atoms with Gasteiger partial charge in [-0.1, -0.05) is 34.1 Å². The zero-order chi connectivity index (χ0) is 29.1. The lowest BCUT2D eigenvalue weighted by Gasteiger charge is -2.26. The highest BCUT2D eigenvalue weighted by atomic mass is 79.9. The third kappa shape index (κ3) is 5.95. The summed E-state index contributed by atoms with van der Waals surface area (Å²) in [6, 6.07) is 23.4. The molecule has 0 radical (unpaired) electrons. The van der Waals surface area contributed by atoms with Crippen LogP contribution in [-0.4, -0.2) is 29.0 Å². The Morgan fingerprint density at radius 2 is 1.59 bits per heavy atom. The summed E-state index contributed by atoms with van der Waals surface area (Å²) in [5.74, 6) is -0.191. The highest BCUT2D eigenvalue weighted by molar-refractivity contribution is 9.10. The Kier molecular flexibility index (Phi) is 8.07. The van der Waals surface area contributed by atoms with Gasteiger partial charge in [0, 0.05) is 27.6 Å². The molecule has 208 valence electrons. The first-order chi connectivity index (χ1) is 19.7. The molecular weight excluding hydrogens is 586 g/mol. The Morgan fingerprint density at radius 3 is 2.29 bits per heavy atom. The number of nitrogens with zero attached hydrogens (tertiary/aromatic N) is 2. The largest absolute Gasteiger partial charge is 0.494 e. The molecule has 1 fully saturated rings. The number of aryl methyl sites for hydroxylation is 1. The highest BCUT2D eigenvalue weighted by Crippen LogP contribution is 2.28. The van der Waals surface area contributed by atoms with Crippen molar-refractivity contribution >= 4 is 45.5 Å². The molecule has 0 unspecified atom stereocenters. The molecule has 0 bridgehead atoms. The van der Waals surface area contributed by atoms with Crippen molar-refractivity contribution in [3.63, 3.8) is 0 Å². The quantitative estimate of drug-likeness (QED) is 0.181. The van der Waals surface area contributed by atoms with Crippen LogP contribution in [0.25, 0.3) is 11.8 Å². The maximum absolute atomic E-state index is 13.4. The molecule has 4 amide bonds. The molecule has 2 heterocycles. The summed E-state index contributed by atoms with van der Waals surface area (Å²) in [5.41, 5.74) is 4.59. The number of hydrogen-bond donors (Lipinski definition) is 1.